The zero-order valence-electron chi connectivity index (χ0n) is 13.7. The largest absolute Gasteiger partial charge is 0.346 e. The van der Waals surface area contributed by atoms with Crippen molar-refractivity contribution in [2.75, 3.05) is 12.8 Å². The van der Waals surface area contributed by atoms with Gasteiger partial charge in [-0.2, -0.15) is 0 Å². The van der Waals surface area contributed by atoms with Gasteiger partial charge in [-0.1, -0.05) is 26.0 Å². The fraction of sp³-hybridized carbons (Fsp3) is 0.562. The molecule has 22 heavy (non-hydrogen) atoms. The SMILES string of the molecule is CC(C)C[C@](C)(CN)NC(=O)c1cccc(CS(C)(=O)=O)c1. The number of hydrogen-bond donors (Lipinski definition) is 2. The Morgan fingerprint density at radius 3 is 2.50 bits per heavy atom. The third-order valence-electron chi connectivity index (χ3n) is 3.34. The van der Waals surface area contributed by atoms with Crippen molar-refractivity contribution in [3.8, 4) is 0 Å². The minimum atomic E-state index is -3.13. The predicted molar refractivity (Wildman–Crippen MR) is 89.4 cm³/mol. The Balaban J connectivity index is 2.91. The third kappa shape index (κ3) is 6.15. The van der Waals surface area contributed by atoms with Crippen LogP contribution in [0.15, 0.2) is 24.3 Å². The Bertz CT molecular complexity index is 626. The first kappa shape index (κ1) is 18.6. The molecule has 0 fully saturated rings. The Hall–Kier alpha value is -1.40. The lowest BCUT2D eigenvalue weighted by atomic mass is 9.90. The van der Waals surface area contributed by atoms with E-state index in [0.717, 1.165) is 6.42 Å². The lowest BCUT2D eigenvalue weighted by Crippen LogP contribution is -2.52. The summed E-state index contributed by atoms with van der Waals surface area (Å²) < 4.78 is 22.7. The molecule has 1 atom stereocenters. The van der Waals surface area contributed by atoms with E-state index in [1.807, 2.05) is 6.92 Å². The maximum atomic E-state index is 12.4. The van der Waals surface area contributed by atoms with Gasteiger partial charge in [-0.05, 0) is 37.0 Å². The monoisotopic (exact) mass is 326 g/mol. The first-order valence-corrected chi connectivity index (χ1v) is 9.40. The van der Waals surface area contributed by atoms with Gasteiger partial charge in [-0.15, -0.1) is 0 Å². The zero-order valence-corrected chi connectivity index (χ0v) is 14.5. The molecule has 0 aliphatic heterocycles. The normalized spacial score (nSPS) is 14.6. The molecule has 124 valence electrons. The number of amides is 1. The summed E-state index contributed by atoms with van der Waals surface area (Å²) in [6.07, 6.45) is 1.95. The molecule has 5 nitrogen and oxygen atoms in total. The van der Waals surface area contributed by atoms with E-state index in [1.54, 1.807) is 24.3 Å². The van der Waals surface area contributed by atoms with E-state index in [9.17, 15) is 13.2 Å². The van der Waals surface area contributed by atoms with E-state index in [1.165, 1.54) is 6.26 Å². The summed E-state index contributed by atoms with van der Waals surface area (Å²) in [7, 11) is -3.13. The number of benzene rings is 1. The number of rotatable bonds is 7. The van der Waals surface area contributed by atoms with Crippen molar-refractivity contribution >= 4 is 15.7 Å². The molecule has 0 unspecified atom stereocenters. The van der Waals surface area contributed by atoms with Gasteiger partial charge in [0.25, 0.3) is 5.91 Å². The summed E-state index contributed by atoms with van der Waals surface area (Å²) >= 11 is 0. The Morgan fingerprint density at radius 1 is 1.36 bits per heavy atom. The number of hydrogen-bond acceptors (Lipinski definition) is 4. The third-order valence-corrected chi connectivity index (χ3v) is 4.20. The smallest absolute Gasteiger partial charge is 0.251 e. The van der Waals surface area contributed by atoms with Crippen molar-refractivity contribution in [3.05, 3.63) is 35.4 Å². The van der Waals surface area contributed by atoms with Crippen LogP contribution in [0.4, 0.5) is 0 Å². The van der Waals surface area contributed by atoms with Crippen LogP contribution >= 0.6 is 0 Å². The van der Waals surface area contributed by atoms with Gasteiger partial charge < -0.3 is 11.1 Å². The Kier molecular flexibility index (Phi) is 6.14. The van der Waals surface area contributed by atoms with Crippen LogP contribution in [0.3, 0.4) is 0 Å². The van der Waals surface area contributed by atoms with Crippen LogP contribution in [0.1, 0.15) is 43.1 Å². The summed E-state index contributed by atoms with van der Waals surface area (Å²) in [4.78, 5) is 12.4. The molecule has 0 saturated heterocycles. The van der Waals surface area contributed by atoms with Crippen molar-refractivity contribution in [2.45, 2.75) is 38.5 Å². The molecule has 0 radical (unpaired) electrons. The zero-order chi connectivity index (χ0) is 17.0. The summed E-state index contributed by atoms with van der Waals surface area (Å²) in [6.45, 7) is 6.42. The maximum absolute atomic E-state index is 12.4. The number of nitrogens with two attached hydrogens (primary N) is 1. The van der Waals surface area contributed by atoms with Crippen molar-refractivity contribution in [2.24, 2.45) is 11.7 Å². The van der Waals surface area contributed by atoms with E-state index < -0.39 is 15.4 Å². The molecular weight excluding hydrogens is 300 g/mol. The van der Waals surface area contributed by atoms with Gasteiger partial charge in [0.2, 0.25) is 0 Å². The summed E-state index contributed by atoms with van der Waals surface area (Å²) in [5.41, 5.74) is 6.38. The van der Waals surface area contributed by atoms with Gasteiger partial charge in [0.05, 0.1) is 5.75 Å². The van der Waals surface area contributed by atoms with Crippen LogP contribution < -0.4 is 11.1 Å². The molecule has 1 rings (SSSR count). The predicted octanol–water partition coefficient (Wildman–Crippen LogP) is 1.72. The van der Waals surface area contributed by atoms with Crippen LogP contribution in [-0.4, -0.2) is 32.7 Å². The number of carbonyl (C=O) groups is 1. The van der Waals surface area contributed by atoms with Gasteiger partial charge in [0, 0.05) is 23.9 Å². The average Bonchev–Trinajstić information content (AvgIpc) is 2.36. The van der Waals surface area contributed by atoms with E-state index in [-0.39, 0.29) is 11.7 Å². The number of sulfone groups is 1. The van der Waals surface area contributed by atoms with Crippen LogP contribution in [0.25, 0.3) is 0 Å². The molecule has 6 heteroatoms. The number of carbonyl (C=O) groups excluding carboxylic acids is 1. The number of nitrogens with one attached hydrogen (secondary N) is 1. The first-order chi connectivity index (χ1) is 10.0. The Morgan fingerprint density at radius 2 is 2.00 bits per heavy atom. The second kappa shape index (κ2) is 7.24. The van der Waals surface area contributed by atoms with E-state index in [2.05, 4.69) is 19.2 Å². The summed E-state index contributed by atoms with van der Waals surface area (Å²) in [5, 5.41) is 2.97. The highest BCUT2D eigenvalue weighted by atomic mass is 32.2. The highest BCUT2D eigenvalue weighted by molar-refractivity contribution is 7.89. The minimum Gasteiger partial charge on any atom is -0.346 e. The lowest BCUT2D eigenvalue weighted by molar-refractivity contribution is 0.0898. The fourth-order valence-electron chi connectivity index (χ4n) is 2.54. The lowest BCUT2D eigenvalue weighted by Gasteiger charge is -2.31. The minimum absolute atomic E-state index is 0.0751. The van der Waals surface area contributed by atoms with Crippen LogP contribution in [0.2, 0.25) is 0 Å². The van der Waals surface area contributed by atoms with Crippen molar-refractivity contribution in [3.63, 3.8) is 0 Å². The molecule has 1 aromatic rings. The molecule has 0 aromatic heterocycles. The molecule has 0 saturated carbocycles. The standard InChI is InChI=1S/C16H26N2O3S/c1-12(2)9-16(3,11-17)18-15(19)14-7-5-6-13(8-14)10-22(4,20)21/h5-8,12H,9-11,17H2,1-4H3,(H,18,19)/t16-/m1/s1. The molecule has 0 bridgehead atoms. The van der Waals surface area contributed by atoms with Crippen molar-refractivity contribution in [1.29, 1.82) is 0 Å². The molecule has 0 aliphatic carbocycles. The van der Waals surface area contributed by atoms with Crippen LogP contribution in [0.5, 0.6) is 0 Å². The molecule has 0 aliphatic rings. The molecule has 0 heterocycles. The average molecular weight is 326 g/mol. The van der Waals surface area contributed by atoms with Gasteiger partial charge in [-0.25, -0.2) is 8.42 Å². The van der Waals surface area contributed by atoms with Crippen LogP contribution in [-0.2, 0) is 15.6 Å². The second-order valence-corrected chi connectivity index (χ2v) is 8.73. The van der Waals surface area contributed by atoms with Crippen molar-refractivity contribution in [1.82, 2.24) is 5.32 Å². The second-order valence-electron chi connectivity index (χ2n) is 6.59. The topological polar surface area (TPSA) is 89.3 Å². The maximum Gasteiger partial charge on any atom is 0.251 e. The fourth-order valence-corrected chi connectivity index (χ4v) is 3.32. The van der Waals surface area contributed by atoms with Gasteiger partial charge in [-0.3, -0.25) is 4.79 Å². The van der Waals surface area contributed by atoms with E-state index in [4.69, 9.17) is 5.73 Å². The summed E-state index contributed by atoms with van der Waals surface area (Å²) in [5.74, 6) is 0.100. The van der Waals surface area contributed by atoms with Gasteiger partial charge in [0.1, 0.15) is 0 Å². The van der Waals surface area contributed by atoms with E-state index >= 15 is 0 Å². The quantitative estimate of drug-likeness (QED) is 0.798. The highest BCUT2D eigenvalue weighted by Gasteiger charge is 2.26. The summed E-state index contributed by atoms with van der Waals surface area (Å²) in [6, 6.07) is 6.68. The molecule has 1 aromatic carbocycles. The molecular formula is C16H26N2O3S. The van der Waals surface area contributed by atoms with Gasteiger partial charge >= 0.3 is 0 Å². The van der Waals surface area contributed by atoms with E-state index in [0.29, 0.717) is 23.6 Å². The molecule has 0 spiro atoms. The first-order valence-electron chi connectivity index (χ1n) is 7.34. The van der Waals surface area contributed by atoms with Crippen molar-refractivity contribution < 1.29 is 13.2 Å². The van der Waals surface area contributed by atoms with Gasteiger partial charge in [0.15, 0.2) is 9.84 Å². The Labute approximate surface area is 133 Å². The highest BCUT2D eigenvalue weighted by Crippen LogP contribution is 2.17. The molecule has 1 amide bonds. The van der Waals surface area contributed by atoms with Crippen LogP contribution in [0, 0.1) is 5.92 Å². The molecule has 3 N–H and O–H groups in total.